The normalized spacial score (nSPS) is 12.2. The molecule has 4 nitrogen and oxygen atoms in total. The van der Waals surface area contributed by atoms with Crippen LogP contribution in [0.15, 0.2) is 30.6 Å². The fourth-order valence-electron chi connectivity index (χ4n) is 2.10. The summed E-state index contributed by atoms with van der Waals surface area (Å²) >= 11 is 6.13. The van der Waals surface area contributed by atoms with Crippen LogP contribution in [0.25, 0.3) is 0 Å². The summed E-state index contributed by atoms with van der Waals surface area (Å²) in [5, 5.41) is 3.86. The highest BCUT2D eigenvalue weighted by atomic mass is 35.5. The second-order valence-corrected chi connectivity index (χ2v) is 4.94. The molecule has 2 rings (SSSR count). The Bertz CT molecular complexity index is 609. The number of rotatable bonds is 6. The third-order valence-electron chi connectivity index (χ3n) is 3.11. The number of nitrogens with one attached hydrogen (secondary N) is 1. The summed E-state index contributed by atoms with van der Waals surface area (Å²) in [5.41, 5.74) is 1.52. The lowest BCUT2D eigenvalue weighted by atomic mass is 10.0. The third kappa shape index (κ3) is 4.12. The number of hydrogen-bond acceptors (Lipinski definition) is 4. The van der Waals surface area contributed by atoms with Crippen LogP contribution in [0.4, 0.5) is 4.39 Å². The standard InChI is InChI=1S/C15H17ClFN3O/c1-3-18-13(14-8-15(21-2)20-9-19-14)7-10-6-11(17)4-5-12(10)16/h4-6,8-9,13,18H,3,7H2,1-2H3. The van der Waals surface area contributed by atoms with Crippen molar-refractivity contribution in [2.75, 3.05) is 13.7 Å². The van der Waals surface area contributed by atoms with Gasteiger partial charge < -0.3 is 10.1 Å². The van der Waals surface area contributed by atoms with Crippen LogP contribution in [0.3, 0.4) is 0 Å². The van der Waals surface area contributed by atoms with Crippen molar-refractivity contribution >= 4 is 11.6 Å². The minimum absolute atomic E-state index is 0.0915. The van der Waals surface area contributed by atoms with Gasteiger partial charge in [0.25, 0.3) is 0 Å². The molecular weight excluding hydrogens is 293 g/mol. The Morgan fingerprint density at radius 3 is 2.86 bits per heavy atom. The molecule has 1 heterocycles. The molecule has 0 bridgehead atoms. The van der Waals surface area contributed by atoms with Gasteiger partial charge in [-0.1, -0.05) is 18.5 Å². The molecular formula is C15H17ClFN3O. The fourth-order valence-corrected chi connectivity index (χ4v) is 2.30. The van der Waals surface area contributed by atoms with Crippen molar-refractivity contribution in [2.24, 2.45) is 0 Å². The van der Waals surface area contributed by atoms with Gasteiger partial charge in [-0.05, 0) is 36.7 Å². The minimum atomic E-state index is -0.301. The topological polar surface area (TPSA) is 47.0 Å². The van der Waals surface area contributed by atoms with E-state index in [-0.39, 0.29) is 11.9 Å². The number of hydrogen-bond donors (Lipinski definition) is 1. The molecule has 21 heavy (non-hydrogen) atoms. The second kappa shape index (κ2) is 7.33. The molecule has 112 valence electrons. The molecule has 1 N–H and O–H groups in total. The van der Waals surface area contributed by atoms with Crippen molar-refractivity contribution in [3.8, 4) is 5.88 Å². The van der Waals surface area contributed by atoms with Gasteiger partial charge in [0.2, 0.25) is 5.88 Å². The zero-order chi connectivity index (χ0) is 15.2. The average Bonchev–Trinajstić information content (AvgIpc) is 2.50. The van der Waals surface area contributed by atoms with Crippen molar-refractivity contribution in [2.45, 2.75) is 19.4 Å². The van der Waals surface area contributed by atoms with Gasteiger partial charge in [-0.2, -0.15) is 0 Å². The number of halogens is 2. The molecule has 1 atom stereocenters. The van der Waals surface area contributed by atoms with Gasteiger partial charge in [0.15, 0.2) is 0 Å². The number of aromatic nitrogens is 2. The molecule has 0 fully saturated rings. The maximum Gasteiger partial charge on any atom is 0.216 e. The summed E-state index contributed by atoms with van der Waals surface area (Å²) in [5.74, 6) is 0.193. The number of ether oxygens (including phenoxy) is 1. The fraction of sp³-hybridized carbons (Fsp3) is 0.333. The molecule has 0 amide bonds. The zero-order valence-corrected chi connectivity index (χ0v) is 12.7. The molecule has 0 aliphatic rings. The molecule has 1 aromatic carbocycles. The molecule has 0 saturated heterocycles. The van der Waals surface area contributed by atoms with Gasteiger partial charge in [-0.3, -0.25) is 0 Å². The number of methoxy groups -OCH3 is 1. The van der Waals surface area contributed by atoms with E-state index in [1.807, 2.05) is 6.92 Å². The maximum absolute atomic E-state index is 13.4. The Labute approximate surface area is 128 Å². The summed E-state index contributed by atoms with van der Waals surface area (Å²) < 4.78 is 18.5. The first-order valence-electron chi connectivity index (χ1n) is 6.67. The van der Waals surface area contributed by atoms with Crippen molar-refractivity contribution < 1.29 is 9.13 Å². The van der Waals surface area contributed by atoms with Gasteiger partial charge in [-0.15, -0.1) is 0 Å². The molecule has 1 aromatic heterocycles. The molecule has 0 radical (unpaired) electrons. The van der Waals surface area contributed by atoms with Crippen LogP contribution < -0.4 is 10.1 Å². The van der Waals surface area contributed by atoms with Crippen molar-refractivity contribution in [3.05, 3.63) is 52.7 Å². The highest BCUT2D eigenvalue weighted by Gasteiger charge is 2.16. The Morgan fingerprint density at radius 2 is 2.14 bits per heavy atom. The van der Waals surface area contributed by atoms with Gasteiger partial charge in [0.05, 0.1) is 18.8 Å². The van der Waals surface area contributed by atoms with E-state index >= 15 is 0 Å². The Balaban J connectivity index is 2.28. The lowest BCUT2D eigenvalue weighted by Gasteiger charge is -2.18. The van der Waals surface area contributed by atoms with E-state index in [0.717, 1.165) is 17.8 Å². The van der Waals surface area contributed by atoms with E-state index in [1.165, 1.54) is 18.5 Å². The van der Waals surface area contributed by atoms with E-state index in [0.29, 0.717) is 17.3 Å². The van der Waals surface area contributed by atoms with Crippen LogP contribution in [-0.2, 0) is 6.42 Å². The highest BCUT2D eigenvalue weighted by molar-refractivity contribution is 6.31. The van der Waals surface area contributed by atoms with E-state index in [2.05, 4.69) is 15.3 Å². The number of likely N-dealkylation sites (N-methyl/N-ethyl adjacent to an activating group) is 1. The predicted octanol–water partition coefficient (Wildman–Crippen LogP) is 3.17. The summed E-state index contributed by atoms with van der Waals surface area (Å²) in [7, 11) is 1.55. The highest BCUT2D eigenvalue weighted by Crippen LogP contribution is 2.24. The number of benzene rings is 1. The first-order chi connectivity index (χ1) is 10.1. The predicted molar refractivity (Wildman–Crippen MR) is 80.1 cm³/mol. The summed E-state index contributed by atoms with van der Waals surface area (Å²) in [6.07, 6.45) is 1.98. The van der Waals surface area contributed by atoms with Gasteiger partial charge >= 0.3 is 0 Å². The summed E-state index contributed by atoms with van der Waals surface area (Å²) in [4.78, 5) is 8.26. The maximum atomic E-state index is 13.4. The molecule has 1 unspecified atom stereocenters. The van der Waals surface area contributed by atoms with Crippen LogP contribution in [0.5, 0.6) is 5.88 Å². The van der Waals surface area contributed by atoms with E-state index in [1.54, 1.807) is 19.2 Å². The van der Waals surface area contributed by atoms with Gasteiger partial charge in [0, 0.05) is 11.1 Å². The van der Waals surface area contributed by atoms with Crippen LogP contribution in [0, 0.1) is 5.82 Å². The molecule has 6 heteroatoms. The van der Waals surface area contributed by atoms with Crippen molar-refractivity contribution in [3.63, 3.8) is 0 Å². The van der Waals surface area contributed by atoms with Crippen molar-refractivity contribution in [1.82, 2.24) is 15.3 Å². The molecule has 0 spiro atoms. The number of nitrogens with zero attached hydrogens (tertiary/aromatic N) is 2. The van der Waals surface area contributed by atoms with Crippen LogP contribution in [-0.4, -0.2) is 23.6 Å². The monoisotopic (exact) mass is 309 g/mol. The van der Waals surface area contributed by atoms with E-state index in [9.17, 15) is 4.39 Å². The summed E-state index contributed by atoms with van der Waals surface area (Å²) in [6, 6.07) is 6.04. The van der Waals surface area contributed by atoms with Crippen LogP contribution >= 0.6 is 11.6 Å². The molecule has 0 aliphatic heterocycles. The van der Waals surface area contributed by atoms with E-state index < -0.39 is 0 Å². The van der Waals surface area contributed by atoms with Crippen molar-refractivity contribution in [1.29, 1.82) is 0 Å². The third-order valence-corrected chi connectivity index (χ3v) is 3.48. The largest absolute Gasteiger partial charge is 0.481 e. The molecule has 2 aromatic rings. The molecule has 0 saturated carbocycles. The minimum Gasteiger partial charge on any atom is -0.481 e. The van der Waals surface area contributed by atoms with E-state index in [4.69, 9.17) is 16.3 Å². The Kier molecular flexibility index (Phi) is 5.47. The van der Waals surface area contributed by atoms with Gasteiger partial charge in [-0.25, -0.2) is 14.4 Å². The zero-order valence-electron chi connectivity index (χ0n) is 11.9. The summed E-state index contributed by atoms with van der Waals surface area (Å²) in [6.45, 7) is 2.75. The second-order valence-electron chi connectivity index (χ2n) is 4.54. The quantitative estimate of drug-likeness (QED) is 0.890. The molecule has 0 aliphatic carbocycles. The van der Waals surface area contributed by atoms with Crippen LogP contribution in [0.2, 0.25) is 5.02 Å². The Morgan fingerprint density at radius 1 is 1.33 bits per heavy atom. The smallest absolute Gasteiger partial charge is 0.216 e. The lowest BCUT2D eigenvalue weighted by molar-refractivity contribution is 0.393. The first-order valence-corrected chi connectivity index (χ1v) is 7.05. The Hall–Kier alpha value is -1.72. The SMILES string of the molecule is CCNC(Cc1cc(F)ccc1Cl)c1cc(OC)ncn1. The lowest BCUT2D eigenvalue weighted by Crippen LogP contribution is -2.24. The first kappa shape index (κ1) is 15.7. The van der Waals surface area contributed by atoms with Crippen LogP contribution in [0.1, 0.15) is 24.2 Å². The average molecular weight is 310 g/mol. The van der Waals surface area contributed by atoms with Gasteiger partial charge in [0.1, 0.15) is 12.1 Å².